The lowest BCUT2D eigenvalue weighted by molar-refractivity contribution is -0.0620. The van der Waals surface area contributed by atoms with Gasteiger partial charge in [-0.05, 0) is 37.3 Å². The van der Waals surface area contributed by atoms with Crippen LogP contribution >= 0.6 is 24.4 Å². The van der Waals surface area contributed by atoms with Crippen LogP contribution in [0.25, 0.3) is 0 Å². The Labute approximate surface area is 302 Å². The standard InChI is InChI=1S/C40H76O5S2/c1-3-5-7-9-11-13-15-17-19-21-23-25-27-29-31-37(46)43-33-35(41)39-40(36(42)34-44-39)45-38(47)32-30-28-26-24-22-20-18-16-14-12-10-8-6-4-2/h35-36,39-42H,3-34H2,1-2H3/t35-,36+,39+,40+/m1/s1. The average molecular weight is 701 g/mol. The van der Waals surface area contributed by atoms with Gasteiger partial charge in [-0.3, -0.25) is 0 Å². The highest BCUT2D eigenvalue weighted by Gasteiger charge is 2.43. The number of ether oxygens (including phenoxy) is 3. The number of hydrogen-bond donors (Lipinski definition) is 2. The van der Waals surface area contributed by atoms with E-state index in [1.165, 1.54) is 154 Å². The van der Waals surface area contributed by atoms with Gasteiger partial charge in [0.15, 0.2) is 16.2 Å². The summed E-state index contributed by atoms with van der Waals surface area (Å²) < 4.78 is 17.3. The molecule has 47 heavy (non-hydrogen) atoms. The molecule has 1 aliphatic heterocycles. The predicted molar refractivity (Wildman–Crippen MR) is 208 cm³/mol. The average Bonchev–Trinajstić information content (AvgIpc) is 3.43. The van der Waals surface area contributed by atoms with Crippen molar-refractivity contribution >= 4 is 34.5 Å². The lowest BCUT2D eigenvalue weighted by Gasteiger charge is -2.26. The zero-order valence-corrected chi connectivity index (χ0v) is 32.5. The Bertz CT molecular complexity index is 721. The van der Waals surface area contributed by atoms with Crippen molar-refractivity contribution in [2.45, 2.75) is 231 Å². The maximum absolute atomic E-state index is 10.8. The first-order valence-electron chi connectivity index (χ1n) is 20.3. The van der Waals surface area contributed by atoms with Crippen molar-refractivity contribution in [2.24, 2.45) is 0 Å². The number of hydrogen-bond acceptors (Lipinski definition) is 7. The fraction of sp³-hybridized carbons (Fsp3) is 0.950. The summed E-state index contributed by atoms with van der Waals surface area (Å²) in [6.45, 7) is 4.71. The second kappa shape index (κ2) is 32.8. The van der Waals surface area contributed by atoms with Crippen LogP contribution in [0.1, 0.15) is 206 Å². The first kappa shape index (κ1) is 44.7. The van der Waals surface area contributed by atoms with Crippen LogP contribution in [0.3, 0.4) is 0 Å². The van der Waals surface area contributed by atoms with Crippen LogP contribution < -0.4 is 0 Å². The Morgan fingerprint density at radius 2 is 0.915 bits per heavy atom. The van der Waals surface area contributed by atoms with E-state index >= 15 is 0 Å². The molecule has 1 aliphatic rings. The fourth-order valence-electron chi connectivity index (χ4n) is 6.58. The highest BCUT2D eigenvalue weighted by atomic mass is 32.1. The monoisotopic (exact) mass is 701 g/mol. The molecule has 4 atom stereocenters. The second-order valence-corrected chi connectivity index (χ2v) is 15.2. The molecule has 0 aromatic carbocycles. The van der Waals surface area contributed by atoms with Crippen LogP contribution in [0.2, 0.25) is 0 Å². The number of aliphatic hydroxyl groups is 2. The lowest BCUT2D eigenvalue weighted by atomic mass is 10.0. The Morgan fingerprint density at radius 3 is 1.30 bits per heavy atom. The van der Waals surface area contributed by atoms with E-state index in [0.717, 1.165) is 32.1 Å². The molecule has 2 N–H and O–H groups in total. The van der Waals surface area contributed by atoms with Crippen LogP contribution in [0.4, 0.5) is 0 Å². The van der Waals surface area contributed by atoms with E-state index in [4.69, 9.17) is 38.6 Å². The topological polar surface area (TPSA) is 68.2 Å². The van der Waals surface area contributed by atoms with E-state index in [0.29, 0.717) is 16.5 Å². The van der Waals surface area contributed by atoms with Gasteiger partial charge >= 0.3 is 0 Å². The Kier molecular flexibility index (Phi) is 31.2. The van der Waals surface area contributed by atoms with E-state index in [1.807, 2.05) is 0 Å². The molecule has 1 fully saturated rings. The van der Waals surface area contributed by atoms with Gasteiger partial charge in [-0.2, -0.15) is 0 Å². The normalized spacial score (nSPS) is 18.4. The second-order valence-electron chi connectivity index (χ2n) is 14.3. The van der Waals surface area contributed by atoms with Gasteiger partial charge in [0.25, 0.3) is 0 Å². The van der Waals surface area contributed by atoms with Crippen LogP contribution in [0.15, 0.2) is 0 Å². The molecule has 0 radical (unpaired) electrons. The zero-order valence-electron chi connectivity index (χ0n) is 30.9. The molecule has 0 saturated carbocycles. The van der Waals surface area contributed by atoms with Gasteiger partial charge in [-0.25, -0.2) is 0 Å². The van der Waals surface area contributed by atoms with Crippen molar-refractivity contribution < 1.29 is 24.4 Å². The predicted octanol–water partition coefficient (Wildman–Crippen LogP) is 11.9. The maximum atomic E-state index is 10.8. The number of aliphatic hydroxyl groups excluding tert-OH is 2. The molecule has 7 heteroatoms. The molecule has 0 unspecified atom stereocenters. The van der Waals surface area contributed by atoms with Gasteiger partial charge in [-0.15, -0.1) is 0 Å². The summed E-state index contributed by atoms with van der Waals surface area (Å²) >= 11 is 10.9. The molecule has 0 spiro atoms. The van der Waals surface area contributed by atoms with E-state index in [9.17, 15) is 10.2 Å². The van der Waals surface area contributed by atoms with Gasteiger partial charge in [0, 0.05) is 12.8 Å². The zero-order chi connectivity index (χ0) is 34.2. The van der Waals surface area contributed by atoms with Gasteiger partial charge in [0.05, 0.1) is 6.61 Å². The highest BCUT2D eigenvalue weighted by Crippen LogP contribution is 2.23. The SMILES string of the molecule is CCCCCCCCCCCCCCCCC(=S)OC[C@@H](O)[C@@H]1OC[C@H](O)[C@@H]1OC(=S)CCCCCCCCCCCCCCCC. The van der Waals surface area contributed by atoms with E-state index in [1.54, 1.807) is 0 Å². The summed E-state index contributed by atoms with van der Waals surface area (Å²) in [5, 5.41) is 22.2. The number of unbranched alkanes of at least 4 members (excludes halogenated alkanes) is 26. The minimum Gasteiger partial charge on any atom is -0.484 e. The van der Waals surface area contributed by atoms with Crippen LogP contribution in [0.5, 0.6) is 0 Å². The molecule has 278 valence electrons. The van der Waals surface area contributed by atoms with E-state index in [-0.39, 0.29) is 13.2 Å². The summed E-state index contributed by atoms with van der Waals surface area (Å²) in [5.41, 5.74) is 0. The molecule has 1 rings (SSSR count). The van der Waals surface area contributed by atoms with Crippen LogP contribution in [-0.4, -0.2) is 57.9 Å². The van der Waals surface area contributed by atoms with E-state index in [2.05, 4.69) is 13.8 Å². The van der Waals surface area contributed by atoms with Gasteiger partial charge in [0.1, 0.15) is 24.9 Å². The molecule has 1 saturated heterocycles. The lowest BCUT2D eigenvalue weighted by Crippen LogP contribution is -2.43. The smallest absolute Gasteiger partial charge is 0.160 e. The molecule has 0 aromatic heterocycles. The number of rotatable bonds is 34. The summed E-state index contributed by atoms with van der Waals surface area (Å²) in [7, 11) is 0. The molecule has 0 aliphatic carbocycles. The number of thiocarbonyl (C=S) groups is 2. The third kappa shape index (κ3) is 26.2. The fourth-order valence-corrected chi connectivity index (χ4v) is 7.05. The summed E-state index contributed by atoms with van der Waals surface area (Å²) in [5.74, 6) is 0. The van der Waals surface area contributed by atoms with Crippen molar-refractivity contribution in [3.63, 3.8) is 0 Å². The minimum atomic E-state index is -0.935. The third-order valence-electron chi connectivity index (χ3n) is 9.69. The van der Waals surface area contributed by atoms with E-state index < -0.39 is 24.4 Å². The van der Waals surface area contributed by atoms with Crippen molar-refractivity contribution in [3.05, 3.63) is 0 Å². The Balaban J connectivity index is 2.03. The van der Waals surface area contributed by atoms with Crippen molar-refractivity contribution in [2.75, 3.05) is 13.2 Å². The minimum absolute atomic E-state index is 0.0421. The van der Waals surface area contributed by atoms with Crippen LogP contribution in [0, 0.1) is 0 Å². The van der Waals surface area contributed by atoms with Gasteiger partial charge in [-0.1, -0.05) is 181 Å². The van der Waals surface area contributed by atoms with Crippen molar-refractivity contribution in [1.29, 1.82) is 0 Å². The van der Waals surface area contributed by atoms with Crippen molar-refractivity contribution in [3.8, 4) is 0 Å². The Morgan fingerprint density at radius 1 is 0.574 bits per heavy atom. The first-order chi connectivity index (χ1) is 23.0. The molecule has 0 amide bonds. The van der Waals surface area contributed by atoms with Gasteiger partial charge in [0.2, 0.25) is 0 Å². The molecule has 0 aromatic rings. The Hall–Kier alpha value is -0.340. The van der Waals surface area contributed by atoms with Crippen molar-refractivity contribution in [1.82, 2.24) is 0 Å². The highest BCUT2D eigenvalue weighted by molar-refractivity contribution is 7.80. The quantitative estimate of drug-likeness (QED) is 0.0511. The molecular formula is C40H76O5S2. The summed E-state index contributed by atoms with van der Waals surface area (Å²) in [6.07, 6.45) is 35.3. The maximum Gasteiger partial charge on any atom is 0.160 e. The summed E-state index contributed by atoms with van der Waals surface area (Å²) in [4.78, 5) is 0. The third-order valence-corrected chi connectivity index (χ3v) is 10.3. The summed E-state index contributed by atoms with van der Waals surface area (Å²) in [6, 6.07) is 0. The van der Waals surface area contributed by atoms with Gasteiger partial charge < -0.3 is 24.4 Å². The van der Waals surface area contributed by atoms with Crippen LogP contribution in [-0.2, 0) is 14.2 Å². The largest absolute Gasteiger partial charge is 0.484 e. The molecule has 1 heterocycles. The molecule has 0 bridgehead atoms. The first-order valence-corrected chi connectivity index (χ1v) is 21.1. The molecule has 5 nitrogen and oxygen atoms in total. The molecular weight excluding hydrogens is 625 g/mol.